The summed E-state index contributed by atoms with van der Waals surface area (Å²) in [6.07, 6.45) is 17.2. The standard InChI is InChI=1S/C23H29N/c1-4-8-18(15-17(2)3)9-7-10-19-13-14-23-21(16-19)20-11-5-6-12-22(20)24-23/h4-7,9,11-14,16-18,21,23-24H,1,8,10,15H2,2-3H3/b9-7-. The first-order valence-electron chi connectivity index (χ1n) is 9.19. The van der Waals surface area contributed by atoms with Gasteiger partial charge in [-0.05, 0) is 48.3 Å². The third-order valence-corrected chi connectivity index (χ3v) is 4.95. The SMILES string of the molecule is C=CCC(/C=C\CC1=CC2c3ccccc3NC2C=C1)CC(C)C. The molecule has 0 radical (unpaired) electrons. The molecule has 0 bridgehead atoms. The summed E-state index contributed by atoms with van der Waals surface area (Å²) in [6.45, 7) is 8.49. The van der Waals surface area contributed by atoms with Crippen LogP contribution in [0.2, 0.25) is 0 Å². The minimum atomic E-state index is 0.421. The van der Waals surface area contributed by atoms with Gasteiger partial charge >= 0.3 is 0 Å². The fourth-order valence-electron chi connectivity index (χ4n) is 3.86. The van der Waals surface area contributed by atoms with Gasteiger partial charge in [0, 0.05) is 11.6 Å². The highest BCUT2D eigenvalue weighted by molar-refractivity contribution is 5.63. The molecule has 126 valence electrons. The van der Waals surface area contributed by atoms with Gasteiger partial charge in [0.05, 0.1) is 6.04 Å². The molecule has 0 fully saturated rings. The quantitative estimate of drug-likeness (QED) is 0.586. The van der Waals surface area contributed by atoms with Gasteiger partial charge in [0.2, 0.25) is 0 Å². The maximum Gasteiger partial charge on any atom is 0.0552 e. The maximum absolute atomic E-state index is 3.90. The number of nitrogens with one attached hydrogen (secondary N) is 1. The molecule has 1 nitrogen and oxygen atoms in total. The van der Waals surface area contributed by atoms with Crippen molar-refractivity contribution in [3.05, 3.63) is 78.4 Å². The van der Waals surface area contributed by atoms with Crippen molar-refractivity contribution >= 4 is 5.69 Å². The molecule has 0 spiro atoms. The fourth-order valence-corrected chi connectivity index (χ4v) is 3.86. The van der Waals surface area contributed by atoms with Crippen LogP contribution in [0.5, 0.6) is 0 Å². The van der Waals surface area contributed by atoms with E-state index in [1.165, 1.54) is 23.2 Å². The largest absolute Gasteiger partial charge is 0.378 e. The number of rotatable bonds is 7. The van der Waals surface area contributed by atoms with Crippen LogP contribution in [-0.4, -0.2) is 6.04 Å². The molecule has 24 heavy (non-hydrogen) atoms. The van der Waals surface area contributed by atoms with Crippen molar-refractivity contribution in [2.45, 2.75) is 45.1 Å². The van der Waals surface area contributed by atoms with Gasteiger partial charge < -0.3 is 5.32 Å². The van der Waals surface area contributed by atoms with Crippen molar-refractivity contribution < 1.29 is 0 Å². The first kappa shape index (κ1) is 16.8. The van der Waals surface area contributed by atoms with Crippen LogP contribution in [0.15, 0.2) is 72.9 Å². The van der Waals surface area contributed by atoms with E-state index in [0.29, 0.717) is 17.9 Å². The van der Waals surface area contributed by atoms with E-state index in [0.717, 1.165) is 18.8 Å². The van der Waals surface area contributed by atoms with Gasteiger partial charge in [0.1, 0.15) is 0 Å². The third kappa shape index (κ3) is 3.90. The van der Waals surface area contributed by atoms with Crippen LogP contribution in [0, 0.1) is 11.8 Å². The number of benzene rings is 1. The van der Waals surface area contributed by atoms with E-state index in [1.807, 2.05) is 6.08 Å². The first-order chi connectivity index (χ1) is 11.7. The van der Waals surface area contributed by atoms with E-state index in [-0.39, 0.29) is 0 Å². The Bertz CT molecular complexity index is 662. The average molecular weight is 319 g/mol. The first-order valence-corrected chi connectivity index (χ1v) is 9.19. The van der Waals surface area contributed by atoms with Gasteiger partial charge in [-0.25, -0.2) is 0 Å². The van der Waals surface area contributed by atoms with E-state index in [1.54, 1.807) is 0 Å². The lowest BCUT2D eigenvalue weighted by atomic mass is 9.87. The summed E-state index contributed by atoms with van der Waals surface area (Å²) in [4.78, 5) is 0. The Hall–Kier alpha value is -2.02. The minimum Gasteiger partial charge on any atom is -0.378 e. The summed E-state index contributed by atoms with van der Waals surface area (Å²) in [5, 5.41) is 3.61. The van der Waals surface area contributed by atoms with Crippen molar-refractivity contribution in [2.24, 2.45) is 11.8 Å². The lowest BCUT2D eigenvalue weighted by Crippen LogP contribution is -2.18. The van der Waals surface area contributed by atoms with Crippen LogP contribution in [0.25, 0.3) is 0 Å². The van der Waals surface area contributed by atoms with Crippen molar-refractivity contribution in [1.82, 2.24) is 0 Å². The number of allylic oxidation sites excluding steroid dienone is 5. The minimum absolute atomic E-state index is 0.421. The Morgan fingerprint density at radius 2 is 2.08 bits per heavy atom. The Balaban J connectivity index is 1.65. The normalized spacial score (nSPS) is 22.9. The summed E-state index contributed by atoms with van der Waals surface area (Å²) >= 11 is 0. The highest BCUT2D eigenvalue weighted by Gasteiger charge is 2.30. The van der Waals surface area contributed by atoms with Crippen molar-refractivity contribution in [3.63, 3.8) is 0 Å². The van der Waals surface area contributed by atoms with E-state index < -0.39 is 0 Å². The maximum atomic E-state index is 3.90. The second-order valence-corrected chi connectivity index (χ2v) is 7.43. The number of anilines is 1. The molecule has 2 aliphatic rings. The lowest BCUT2D eigenvalue weighted by molar-refractivity contribution is 0.478. The molecule has 1 aromatic carbocycles. The summed E-state index contributed by atoms with van der Waals surface area (Å²) in [5.74, 6) is 1.83. The van der Waals surface area contributed by atoms with Crippen LogP contribution in [0.4, 0.5) is 5.69 Å². The Morgan fingerprint density at radius 1 is 1.25 bits per heavy atom. The van der Waals surface area contributed by atoms with Gasteiger partial charge in [0.25, 0.3) is 0 Å². The average Bonchev–Trinajstić information content (AvgIpc) is 2.92. The molecule has 0 aromatic heterocycles. The number of hydrogen-bond donors (Lipinski definition) is 1. The van der Waals surface area contributed by atoms with Gasteiger partial charge in [-0.2, -0.15) is 0 Å². The highest BCUT2D eigenvalue weighted by Crippen LogP contribution is 2.40. The van der Waals surface area contributed by atoms with E-state index in [2.05, 4.69) is 80.4 Å². The lowest BCUT2D eigenvalue weighted by Gasteiger charge is -2.19. The summed E-state index contributed by atoms with van der Waals surface area (Å²) in [6, 6.07) is 9.10. The summed E-state index contributed by atoms with van der Waals surface area (Å²) in [5.41, 5.74) is 4.14. The van der Waals surface area contributed by atoms with Gasteiger partial charge in [-0.15, -0.1) is 6.58 Å². The van der Waals surface area contributed by atoms with E-state index in [4.69, 9.17) is 0 Å². The van der Waals surface area contributed by atoms with Gasteiger partial charge in [0.15, 0.2) is 0 Å². The Morgan fingerprint density at radius 3 is 2.88 bits per heavy atom. The zero-order valence-electron chi connectivity index (χ0n) is 14.9. The molecule has 3 rings (SSSR count). The molecule has 3 atom stereocenters. The smallest absolute Gasteiger partial charge is 0.0552 e. The van der Waals surface area contributed by atoms with Crippen LogP contribution in [0.1, 0.15) is 44.6 Å². The van der Waals surface area contributed by atoms with Gasteiger partial charge in [-0.1, -0.05) is 68.5 Å². The molecule has 1 heteroatoms. The molecule has 1 N–H and O–H groups in total. The zero-order valence-corrected chi connectivity index (χ0v) is 14.9. The highest BCUT2D eigenvalue weighted by atomic mass is 15.0. The second-order valence-electron chi connectivity index (χ2n) is 7.43. The van der Waals surface area contributed by atoms with Crippen molar-refractivity contribution in [3.8, 4) is 0 Å². The molecule has 1 aliphatic heterocycles. The van der Waals surface area contributed by atoms with Gasteiger partial charge in [-0.3, -0.25) is 0 Å². The molecular weight excluding hydrogens is 290 g/mol. The topological polar surface area (TPSA) is 12.0 Å². The molecular formula is C23H29N. The number of para-hydroxylation sites is 1. The van der Waals surface area contributed by atoms with E-state index in [9.17, 15) is 0 Å². The second kappa shape index (κ2) is 7.70. The molecule has 0 saturated heterocycles. The molecule has 0 saturated carbocycles. The summed E-state index contributed by atoms with van der Waals surface area (Å²) in [7, 11) is 0. The molecule has 1 aliphatic carbocycles. The van der Waals surface area contributed by atoms with Crippen LogP contribution < -0.4 is 5.32 Å². The molecule has 1 aromatic rings. The zero-order chi connectivity index (χ0) is 16.9. The molecule has 3 unspecified atom stereocenters. The van der Waals surface area contributed by atoms with Crippen LogP contribution in [0.3, 0.4) is 0 Å². The molecule has 1 heterocycles. The Labute approximate surface area is 146 Å². The number of fused-ring (bicyclic) bond motifs is 3. The van der Waals surface area contributed by atoms with Crippen molar-refractivity contribution in [2.75, 3.05) is 5.32 Å². The molecule has 0 amide bonds. The monoisotopic (exact) mass is 319 g/mol. The van der Waals surface area contributed by atoms with Crippen LogP contribution >= 0.6 is 0 Å². The number of hydrogen-bond acceptors (Lipinski definition) is 1. The predicted molar refractivity (Wildman–Crippen MR) is 105 cm³/mol. The summed E-state index contributed by atoms with van der Waals surface area (Å²) < 4.78 is 0. The fraction of sp³-hybridized carbons (Fsp3) is 0.391. The van der Waals surface area contributed by atoms with E-state index >= 15 is 0 Å². The predicted octanol–water partition coefficient (Wildman–Crippen LogP) is 6.25. The Kier molecular flexibility index (Phi) is 5.40. The third-order valence-electron chi connectivity index (χ3n) is 4.95. The van der Waals surface area contributed by atoms with Crippen LogP contribution in [-0.2, 0) is 0 Å². The van der Waals surface area contributed by atoms with Crippen molar-refractivity contribution in [1.29, 1.82) is 0 Å².